The number of hydrogen-bond acceptors (Lipinski definition) is 10. The molecule has 5 aromatic rings. The number of aromatic nitrogens is 2. The van der Waals surface area contributed by atoms with Gasteiger partial charge in [-0.15, -0.1) is 0 Å². The van der Waals surface area contributed by atoms with E-state index >= 15 is 0 Å². The first kappa shape index (κ1) is 37.8. The second-order valence-corrected chi connectivity index (χ2v) is 14.1. The molecule has 1 fully saturated rings. The standard InChI is InChI=1S/C42H46ClN5O5/c1-28-16-35(46-53-28)24-47(4)23-34-18-39(43)42(19-41(34)51-26-32-17-31(20-44)21-45-22-32)52-27-33-8-5-9-37(29(33)2)38-10-6-11-40(30(38)3)50-15-7-13-48-14-12-36(49)25-48/h5-6,8-11,16-19,21-22,36,49H,7,12-15,23-27H2,1-4H3. The Morgan fingerprint density at radius 3 is 2.47 bits per heavy atom. The lowest BCUT2D eigenvalue weighted by Crippen LogP contribution is -2.24. The monoisotopic (exact) mass is 735 g/mol. The van der Waals surface area contributed by atoms with Gasteiger partial charge in [-0.05, 0) is 86.7 Å². The summed E-state index contributed by atoms with van der Waals surface area (Å²) < 4.78 is 24.2. The van der Waals surface area contributed by atoms with Crippen LogP contribution in [0, 0.1) is 32.1 Å². The van der Waals surface area contributed by atoms with Crippen molar-refractivity contribution >= 4 is 11.6 Å². The van der Waals surface area contributed by atoms with Crippen molar-refractivity contribution in [3.8, 4) is 34.4 Å². The molecule has 0 radical (unpaired) electrons. The lowest BCUT2D eigenvalue weighted by Gasteiger charge is -2.20. The lowest BCUT2D eigenvalue weighted by atomic mass is 9.93. The Morgan fingerprint density at radius 2 is 1.72 bits per heavy atom. The minimum atomic E-state index is -0.203. The molecule has 1 N–H and O–H groups in total. The third-order valence-corrected chi connectivity index (χ3v) is 9.80. The van der Waals surface area contributed by atoms with Crippen molar-refractivity contribution in [2.75, 3.05) is 33.3 Å². The molecule has 3 aromatic carbocycles. The Labute approximate surface area is 316 Å². The molecule has 1 aliphatic heterocycles. The molecule has 1 saturated heterocycles. The van der Waals surface area contributed by atoms with E-state index < -0.39 is 0 Å². The molecule has 276 valence electrons. The van der Waals surface area contributed by atoms with Gasteiger partial charge in [-0.1, -0.05) is 47.1 Å². The first-order chi connectivity index (χ1) is 25.7. The molecule has 1 atom stereocenters. The fourth-order valence-electron chi connectivity index (χ4n) is 6.68. The van der Waals surface area contributed by atoms with Gasteiger partial charge in [0.2, 0.25) is 0 Å². The smallest absolute Gasteiger partial charge is 0.142 e. The average molecular weight is 736 g/mol. The van der Waals surface area contributed by atoms with E-state index in [4.69, 9.17) is 30.3 Å². The number of benzene rings is 3. The SMILES string of the molecule is Cc1cc(CN(C)Cc2cc(Cl)c(OCc3cccc(-c4cccc(OCCCN5CCC(O)C5)c4C)c3C)cc2OCc2cncc(C#N)c2)no1. The van der Waals surface area contributed by atoms with Crippen LogP contribution < -0.4 is 14.2 Å². The highest BCUT2D eigenvalue weighted by Crippen LogP contribution is 2.37. The quantitative estimate of drug-likeness (QED) is 0.101. The first-order valence-electron chi connectivity index (χ1n) is 17.9. The number of hydrogen-bond donors (Lipinski definition) is 1. The molecule has 0 bridgehead atoms. The number of nitriles is 1. The normalized spacial score (nSPS) is 14.4. The number of halogens is 1. The van der Waals surface area contributed by atoms with Gasteiger partial charge in [0.25, 0.3) is 0 Å². The zero-order valence-corrected chi connectivity index (χ0v) is 31.5. The summed E-state index contributed by atoms with van der Waals surface area (Å²) in [5.41, 5.74) is 8.41. The van der Waals surface area contributed by atoms with Gasteiger partial charge in [0, 0.05) is 68.4 Å². The van der Waals surface area contributed by atoms with Crippen LogP contribution in [0.4, 0.5) is 0 Å². The Morgan fingerprint density at radius 1 is 0.925 bits per heavy atom. The molecule has 1 unspecified atom stereocenters. The first-order valence-corrected chi connectivity index (χ1v) is 18.3. The average Bonchev–Trinajstić information content (AvgIpc) is 3.76. The van der Waals surface area contributed by atoms with Gasteiger partial charge in [0.05, 0.1) is 29.0 Å². The van der Waals surface area contributed by atoms with Crippen LogP contribution in [0.1, 0.15) is 57.7 Å². The van der Waals surface area contributed by atoms with E-state index in [2.05, 4.69) is 58.1 Å². The van der Waals surface area contributed by atoms with Crippen molar-refractivity contribution in [2.45, 2.75) is 66.0 Å². The van der Waals surface area contributed by atoms with Crippen LogP contribution in [0.15, 0.2) is 77.6 Å². The van der Waals surface area contributed by atoms with Crippen LogP contribution in [0.25, 0.3) is 11.1 Å². The molecule has 2 aromatic heterocycles. The van der Waals surface area contributed by atoms with E-state index in [1.807, 2.05) is 50.4 Å². The van der Waals surface area contributed by atoms with Gasteiger partial charge < -0.3 is 28.7 Å². The zero-order valence-electron chi connectivity index (χ0n) is 30.8. The number of pyridine rings is 1. The summed E-state index contributed by atoms with van der Waals surface area (Å²) in [6.07, 6.45) is 4.77. The van der Waals surface area contributed by atoms with Crippen molar-refractivity contribution in [1.82, 2.24) is 19.9 Å². The minimum Gasteiger partial charge on any atom is -0.493 e. The maximum absolute atomic E-state index is 9.80. The number of rotatable bonds is 16. The molecule has 3 heterocycles. The Balaban J connectivity index is 1.17. The molecule has 11 heteroatoms. The predicted molar refractivity (Wildman–Crippen MR) is 204 cm³/mol. The molecule has 0 saturated carbocycles. The number of β-amino-alcohol motifs (C(OH)–C–C–N with tert-alkyl or cyclic N) is 1. The predicted octanol–water partition coefficient (Wildman–Crippen LogP) is 7.81. The van der Waals surface area contributed by atoms with E-state index in [1.165, 1.54) is 6.20 Å². The van der Waals surface area contributed by atoms with Gasteiger partial charge in [-0.3, -0.25) is 9.88 Å². The molecule has 53 heavy (non-hydrogen) atoms. The summed E-state index contributed by atoms with van der Waals surface area (Å²) in [6.45, 7) is 11.0. The van der Waals surface area contributed by atoms with Crippen molar-refractivity contribution < 1.29 is 23.8 Å². The Bertz CT molecular complexity index is 2060. The summed E-state index contributed by atoms with van der Waals surface area (Å²) in [5, 5.41) is 23.7. The molecule has 6 rings (SSSR count). The summed E-state index contributed by atoms with van der Waals surface area (Å²) in [7, 11) is 1.99. The van der Waals surface area contributed by atoms with E-state index in [0.29, 0.717) is 48.4 Å². The number of aliphatic hydroxyl groups excluding tert-OH is 1. The summed E-state index contributed by atoms with van der Waals surface area (Å²) >= 11 is 6.87. The van der Waals surface area contributed by atoms with E-state index in [0.717, 1.165) is 88.6 Å². The molecular formula is C42H46ClN5O5. The van der Waals surface area contributed by atoms with Crippen molar-refractivity contribution in [3.05, 3.63) is 123 Å². The van der Waals surface area contributed by atoms with E-state index in [1.54, 1.807) is 12.3 Å². The van der Waals surface area contributed by atoms with Crippen LogP contribution in [-0.4, -0.2) is 64.4 Å². The topological polar surface area (TPSA) is 117 Å². The van der Waals surface area contributed by atoms with Gasteiger partial charge in [0.1, 0.15) is 42.3 Å². The van der Waals surface area contributed by atoms with Crippen molar-refractivity contribution in [3.63, 3.8) is 0 Å². The van der Waals surface area contributed by atoms with Crippen molar-refractivity contribution in [1.29, 1.82) is 5.26 Å². The van der Waals surface area contributed by atoms with Crippen molar-refractivity contribution in [2.24, 2.45) is 0 Å². The summed E-state index contributed by atoms with van der Waals surface area (Å²) in [6, 6.07) is 22.0. The minimum absolute atomic E-state index is 0.203. The van der Waals surface area contributed by atoms with Gasteiger partial charge in [-0.25, -0.2) is 0 Å². The highest BCUT2D eigenvalue weighted by molar-refractivity contribution is 6.32. The maximum atomic E-state index is 9.80. The van der Waals surface area contributed by atoms with Gasteiger partial charge in [0.15, 0.2) is 0 Å². The molecule has 0 spiro atoms. The van der Waals surface area contributed by atoms with Gasteiger partial charge in [-0.2, -0.15) is 5.26 Å². The fraction of sp³-hybridized carbons (Fsp3) is 0.357. The molecule has 0 aliphatic carbocycles. The summed E-state index contributed by atoms with van der Waals surface area (Å²) in [5.74, 6) is 2.76. The zero-order chi connectivity index (χ0) is 37.3. The number of likely N-dealkylation sites (tertiary alicyclic amines) is 1. The molecule has 1 aliphatic rings. The molecule has 10 nitrogen and oxygen atoms in total. The molecule has 0 amide bonds. The van der Waals surface area contributed by atoms with E-state index in [-0.39, 0.29) is 12.7 Å². The van der Waals surface area contributed by atoms with Crippen LogP contribution in [0.2, 0.25) is 5.02 Å². The number of ether oxygens (including phenoxy) is 3. The highest BCUT2D eigenvalue weighted by atomic mass is 35.5. The highest BCUT2D eigenvalue weighted by Gasteiger charge is 2.20. The second kappa shape index (κ2) is 17.7. The van der Waals surface area contributed by atoms with Crippen LogP contribution in [0.3, 0.4) is 0 Å². The molecular weight excluding hydrogens is 690 g/mol. The third-order valence-electron chi connectivity index (χ3n) is 9.51. The largest absolute Gasteiger partial charge is 0.493 e. The number of aliphatic hydroxyl groups is 1. The fourth-order valence-corrected chi connectivity index (χ4v) is 6.93. The van der Waals surface area contributed by atoms with Crippen LogP contribution in [-0.2, 0) is 26.3 Å². The number of nitrogens with zero attached hydrogens (tertiary/aromatic N) is 5. The Hall–Kier alpha value is -4.92. The summed E-state index contributed by atoms with van der Waals surface area (Å²) in [4.78, 5) is 8.57. The number of aryl methyl sites for hydroxylation is 1. The van der Waals surface area contributed by atoms with Crippen LogP contribution >= 0.6 is 11.6 Å². The van der Waals surface area contributed by atoms with Gasteiger partial charge >= 0.3 is 0 Å². The maximum Gasteiger partial charge on any atom is 0.142 e. The van der Waals surface area contributed by atoms with E-state index in [9.17, 15) is 10.4 Å². The lowest BCUT2D eigenvalue weighted by molar-refractivity contribution is 0.173. The Kier molecular flexibility index (Phi) is 12.7. The van der Waals surface area contributed by atoms with Crippen LogP contribution in [0.5, 0.6) is 17.2 Å². The third kappa shape index (κ3) is 9.95. The second-order valence-electron chi connectivity index (χ2n) is 13.7.